The van der Waals surface area contributed by atoms with Gasteiger partial charge < -0.3 is 31.1 Å². The lowest BCUT2D eigenvalue weighted by Crippen LogP contribution is -2.65. The van der Waals surface area contributed by atoms with Gasteiger partial charge in [0, 0.05) is 42.6 Å². The first-order valence-corrected chi connectivity index (χ1v) is 13.3. The minimum Gasteiger partial charge on any atom is -0.508 e. The third-order valence-electron chi connectivity index (χ3n) is 8.20. The Morgan fingerprint density at radius 1 is 1.17 bits per heavy atom. The van der Waals surface area contributed by atoms with Gasteiger partial charge in [0.15, 0.2) is 11.4 Å². The standard InChI is InChI=1S/C29H36FN3O8/c1-12(34)33(11-28(2,3)4)10-14-9-17(35)19-15(21(14)30)7-13-8-16-22(32(5)6)24(37)20(27(31)40)26(39)29(16,41)25(38)18(13)23(19)36/h9,13,16,22,35-36,39,41H,7-8,10-11H2,1-6H3,(H2,31,40)/t13-,16-,22-,29-/m0/s1. The van der Waals surface area contributed by atoms with Crippen molar-refractivity contribution in [2.45, 2.75) is 58.7 Å². The van der Waals surface area contributed by atoms with Crippen LogP contribution < -0.4 is 5.73 Å². The number of carbonyl (C=O) groups is 4. The minimum absolute atomic E-state index is 0.0151. The van der Waals surface area contributed by atoms with Crippen LogP contribution in [0.2, 0.25) is 0 Å². The molecule has 3 aliphatic rings. The molecule has 0 heterocycles. The van der Waals surface area contributed by atoms with Crippen molar-refractivity contribution in [2.75, 3.05) is 20.6 Å². The number of primary amides is 1. The molecule has 3 aliphatic carbocycles. The van der Waals surface area contributed by atoms with E-state index >= 15 is 4.39 Å². The van der Waals surface area contributed by atoms with Crippen LogP contribution in [0.5, 0.6) is 5.75 Å². The Morgan fingerprint density at radius 3 is 2.29 bits per heavy atom. The van der Waals surface area contributed by atoms with Crippen molar-refractivity contribution < 1.29 is 44.0 Å². The fourth-order valence-corrected chi connectivity index (χ4v) is 6.52. The molecule has 41 heavy (non-hydrogen) atoms. The highest BCUT2D eigenvalue weighted by atomic mass is 19.1. The van der Waals surface area contributed by atoms with Crippen molar-refractivity contribution in [1.29, 1.82) is 0 Å². The molecule has 222 valence electrons. The first-order chi connectivity index (χ1) is 18.8. The molecule has 0 radical (unpaired) electrons. The van der Waals surface area contributed by atoms with Gasteiger partial charge in [0.25, 0.3) is 5.91 Å². The fraction of sp³-hybridized carbons (Fsp3) is 0.517. The molecule has 0 unspecified atom stereocenters. The maximum Gasteiger partial charge on any atom is 0.255 e. The van der Waals surface area contributed by atoms with E-state index in [0.29, 0.717) is 6.54 Å². The molecule has 4 rings (SSSR count). The van der Waals surface area contributed by atoms with E-state index in [1.54, 1.807) is 0 Å². The van der Waals surface area contributed by atoms with Crippen molar-refractivity contribution in [3.63, 3.8) is 0 Å². The smallest absolute Gasteiger partial charge is 0.255 e. The number of hydrogen-bond acceptors (Lipinski definition) is 9. The predicted molar refractivity (Wildman–Crippen MR) is 145 cm³/mol. The number of phenolic OH excluding ortho intramolecular Hbond substituents is 1. The van der Waals surface area contributed by atoms with Gasteiger partial charge in [0.1, 0.15) is 28.7 Å². The van der Waals surface area contributed by atoms with E-state index in [9.17, 15) is 39.6 Å². The van der Waals surface area contributed by atoms with Crippen LogP contribution in [0, 0.1) is 23.1 Å². The van der Waals surface area contributed by atoms with Crippen LogP contribution in [0.4, 0.5) is 4.39 Å². The second-order valence-corrected chi connectivity index (χ2v) is 12.6. The van der Waals surface area contributed by atoms with Crippen LogP contribution in [0.3, 0.4) is 0 Å². The number of aromatic hydroxyl groups is 1. The van der Waals surface area contributed by atoms with Crippen molar-refractivity contribution in [3.05, 3.63) is 45.5 Å². The number of Topliss-reactive ketones (excluding diaryl/α,β-unsaturated/α-hetero) is 2. The molecule has 0 bridgehead atoms. The van der Waals surface area contributed by atoms with Gasteiger partial charge in [-0.3, -0.25) is 24.1 Å². The summed E-state index contributed by atoms with van der Waals surface area (Å²) in [6.45, 7) is 7.30. The number of nitrogens with zero attached hydrogens (tertiary/aromatic N) is 2. The second-order valence-electron chi connectivity index (χ2n) is 12.6. The normalized spacial score (nSPS) is 26.1. The maximum atomic E-state index is 16.0. The third kappa shape index (κ3) is 4.68. The van der Waals surface area contributed by atoms with Gasteiger partial charge in [0.05, 0.1) is 11.6 Å². The van der Waals surface area contributed by atoms with Gasteiger partial charge >= 0.3 is 0 Å². The van der Waals surface area contributed by atoms with Gasteiger partial charge in [0.2, 0.25) is 11.7 Å². The van der Waals surface area contributed by atoms with E-state index in [1.807, 2.05) is 20.8 Å². The maximum absolute atomic E-state index is 16.0. The zero-order valence-corrected chi connectivity index (χ0v) is 23.9. The molecular weight excluding hydrogens is 537 g/mol. The number of ketones is 2. The highest BCUT2D eigenvalue weighted by Crippen LogP contribution is 2.53. The predicted octanol–water partition coefficient (Wildman–Crippen LogP) is 1.50. The summed E-state index contributed by atoms with van der Waals surface area (Å²) in [4.78, 5) is 54.2. The molecule has 0 aromatic heterocycles. The van der Waals surface area contributed by atoms with Crippen LogP contribution in [-0.2, 0) is 32.1 Å². The highest BCUT2D eigenvalue weighted by molar-refractivity contribution is 6.24. The number of amides is 2. The second kappa shape index (κ2) is 9.95. The fourth-order valence-electron chi connectivity index (χ4n) is 6.52. The summed E-state index contributed by atoms with van der Waals surface area (Å²) in [5, 5.41) is 44.6. The SMILES string of the molecule is CC(=O)N(Cc1cc(O)c2c(c1F)C[C@H]1C[C@H]3[C@H](N(C)C)C(=O)C(C(N)=O)=C(O)[C@@]3(O)C(=O)C1=C2O)CC(C)(C)C. The minimum atomic E-state index is -2.77. The number of likely N-dealkylation sites (N-methyl/N-ethyl adjacent to an activating group) is 1. The van der Waals surface area contributed by atoms with E-state index in [1.165, 1.54) is 30.8 Å². The molecular formula is C29H36FN3O8. The molecule has 12 heteroatoms. The number of rotatable bonds is 5. The molecule has 0 spiro atoms. The highest BCUT2D eigenvalue weighted by Gasteiger charge is 2.64. The average Bonchev–Trinajstić information content (AvgIpc) is 2.82. The summed E-state index contributed by atoms with van der Waals surface area (Å²) in [6, 6.07) is -0.155. The molecule has 1 aromatic rings. The number of aliphatic hydroxyl groups is 3. The van der Waals surface area contributed by atoms with Crippen molar-refractivity contribution >= 4 is 29.1 Å². The van der Waals surface area contributed by atoms with Crippen LogP contribution in [0.25, 0.3) is 5.76 Å². The molecule has 6 N–H and O–H groups in total. The molecule has 0 aliphatic heterocycles. The average molecular weight is 574 g/mol. The van der Waals surface area contributed by atoms with Gasteiger partial charge in [-0.25, -0.2) is 4.39 Å². The Balaban J connectivity index is 1.87. The van der Waals surface area contributed by atoms with Crippen LogP contribution in [0.1, 0.15) is 50.8 Å². The van der Waals surface area contributed by atoms with Gasteiger partial charge in [-0.2, -0.15) is 0 Å². The first kappa shape index (κ1) is 30.2. The Morgan fingerprint density at radius 2 is 1.78 bits per heavy atom. The number of fused-ring (bicyclic) bond motifs is 3. The number of benzene rings is 1. The quantitative estimate of drug-likeness (QED) is 0.326. The number of halogens is 1. The van der Waals surface area contributed by atoms with E-state index in [2.05, 4.69) is 0 Å². The van der Waals surface area contributed by atoms with Crippen LogP contribution in [-0.4, -0.2) is 85.9 Å². The summed E-state index contributed by atoms with van der Waals surface area (Å²) >= 11 is 0. The van der Waals surface area contributed by atoms with Crippen molar-refractivity contribution in [3.8, 4) is 5.75 Å². The lowest BCUT2D eigenvalue weighted by molar-refractivity contribution is -0.153. The Bertz CT molecular complexity index is 1440. The zero-order chi connectivity index (χ0) is 30.9. The van der Waals surface area contributed by atoms with Crippen LogP contribution >= 0.6 is 0 Å². The van der Waals surface area contributed by atoms with Gasteiger partial charge in [-0.15, -0.1) is 0 Å². The number of carbonyl (C=O) groups excluding carboxylic acids is 4. The van der Waals surface area contributed by atoms with Crippen molar-refractivity contribution in [1.82, 2.24) is 9.80 Å². The van der Waals surface area contributed by atoms with Gasteiger partial charge in [-0.1, -0.05) is 20.8 Å². The lowest BCUT2D eigenvalue weighted by Gasteiger charge is -2.50. The molecule has 1 fully saturated rings. The first-order valence-electron chi connectivity index (χ1n) is 13.3. The number of hydrogen-bond donors (Lipinski definition) is 5. The molecule has 1 saturated carbocycles. The van der Waals surface area contributed by atoms with E-state index in [-0.39, 0.29) is 53.0 Å². The van der Waals surface area contributed by atoms with Crippen molar-refractivity contribution in [2.24, 2.45) is 23.0 Å². The monoisotopic (exact) mass is 573 g/mol. The van der Waals surface area contributed by atoms with Gasteiger partial charge in [-0.05, 0) is 44.3 Å². The zero-order valence-electron chi connectivity index (χ0n) is 23.9. The van der Waals surface area contributed by atoms with E-state index < -0.39 is 69.6 Å². The Kier molecular flexibility index (Phi) is 7.33. The molecule has 2 amide bonds. The lowest BCUT2D eigenvalue weighted by atomic mass is 9.57. The molecule has 4 atom stereocenters. The Labute approximate surface area is 236 Å². The molecule has 11 nitrogen and oxygen atoms in total. The summed E-state index contributed by atoms with van der Waals surface area (Å²) in [6.07, 6.45) is -0.332. The molecule has 0 saturated heterocycles. The summed E-state index contributed by atoms with van der Waals surface area (Å²) < 4.78 is 16.0. The van der Waals surface area contributed by atoms with E-state index in [0.717, 1.165) is 6.07 Å². The summed E-state index contributed by atoms with van der Waals surface area (Å²) in [5.41, 5.74) is 0.584. The summed E-state index contributed by atoms with van der Waals surface area (Å²) in [5.74, 6) is -9.10. The van der Waals surface area contributed by atoms with Crippen LogP contribution in [0.15, 0.2) is 23.0 Å². The number of aliphatic hydroxyl groups excluding tert-OH is 2. The topological polar surface area (TPSA) is 182 Å². The summed E-state index contributed by atoms with van der Waals surface area (Å²) in [7, 11) is 2.99. The largest absolute Gasteiger partial charge is 0.508 e. The van der Waals surface area contributed by atoms with E-state index in [4.69, 9.17) is 5.73 Å². The Hall–Kier alpha value is -3.77. The number of phenols is 1. The molecule has 1 aromatic carbocycles. The number of nitrogens with two attached hydrogens (primary N) is 1. The third-order valence-corrected chi connectivity index (χ3v) is 8.20.